The van der Waals surface area contributed by atoms with Crippen molar-refractivity contribution in [3.8, 4) is 6.07 Å². The van der Waals surface area contributed by atoms with Gasteiger partial charge in [-0.05, 0) is 33.1 Å². The first kappa shape index (κ1) is 23.2. The number of rotatable bonds is 18. The number of unbranched alkanes of at least 4 members (excludes halogenated alkanes) is 15. The van der Waals surface area contributed by atoms with E-state index in [2.05, 4.69) is 25.1 Å². The van der Waals surface area contributed by atoms with Crippen LogP contribution in [-0.2, 0) is 0 Å². The first-order chi connectivity index (χ1) is 11.8. The third kappa shape index (κ3) is 19.3. The summed E-state index contributed by atoms with van der Waals surface area (Å²) in [5, 5.41) is 8.73. The summed E-state index contributed by atoms with van der Waals surface area (Å²) in [5.41, 5.74) is 0. The van der Waals surface area contributed by atoms with Gasteiger partial charge in [0.05, 0.1) is 6.07 Å². The van der Waals surface area contributed by atoms with E-state index in [1.165, 1.54) is 103 Å². The van der Waals surface area contributed by atoms with Crippen molar-refractivity contribution in [1.29, 1.82) is 5.26 Å². The van der Waals surface area contributed by atoms with E-state index in [-0.39, 0.29) is 5.92 Å². The van der Waals surface area contributed by atoms with Crippen LogP contribution in [0.2, 0.25) is 0 Å². The summed E-state index contributed by atoms with van der Waals surface area (Å²) >= 11 is 0. The lowest BCUT2D eigenvalue weighted by Gasteiger charge is -2.04. The quantitative estimate of drug-likeness (QED) is 0.182. The van der Waals surface area contributed by atoms with Gasteiger partial charge in [-0.15, -0.1) is 0 Å². The van der Waals surface area contributed by atoms with Gasteiger partial charge in [0, 0.05) is 5.92 Å². The molecule has 0 bridgehead atoms. The van der Waals surface area contributed by atoms with E-state index in [0.29, 0.717) is 0 Å². The van der Waals surface area contributed by atoms with Gasteiger partial charge in [-0.2, -0.15) is 5.26 Å². The van der Waals surface area contributed by atoms with Crippen molar-refractivity contribution in [2.24, 2.45) is 5.92 Å². The van der Waals surface area contributed by atoms with E-state index >= 15 is 0 Å². The Morgan fingerprint density at radius 3 is 1.42 bits per heavy atom. The van der Waals surface area contributed by atoms with Crippen LogP contribution in [0.5, 0.6) is 0 Å². The van der Waals surface area contributed by atoms with E-state index < -0.39 is 0 Å². The molecule has 0 aliphatic rings. The predicted molar refractivity (Wildman–Crippen MR) is 108 cm³/mol. The van der Waals surface area contributed by atoms with Gasteiger partial charge in [0.2, 0.25) is 0 Å². The van der Waals surface area contributed by atoms with Crippen molar-refractivity contribution in [3.63, 3.8) is 0 Å². The fraction of sp³-hybridized carbons (Fsp3) is 0.870. The Morgan fingerprint density at radius 1 is 0.667 bits per heavy atom. The molecule has 24 heavy (non-hydrogen) atoms. The zero-order chi connectivity index (χ0) is 17.7. The number of hydrogen-bond acceptors (Lipinski definition) is 1. The number of nitriles is 1. The van der Waals surface area contributed by atoms with Crippen molar-refractivity contribution in [2.75, 3.05) is 0 Å². The summed E-state index contributed by atoms with van der Waals surface area (Å²) in [6, 6.07) is 2.32. The molecule has 1 heteroatoms. The van der Waals surface area contributed by atoms with Crippen molar-refractivity contribution < 1.29 is 0 Å². The molecule has 1 atom stereocenters. The number of hydrogen-bond donors (Lipinski definition) is 0. The van der Waals surface area contributed by atoms with Gasteiger partial charge < -0.3 is 0 Å². The second-order valence-electron chi connectivity index (χ2n) is 7.48. The maximum atomic E-state index is 8.73. The molecule has 0 N–H and O–H groups in total. The molecule has 1 nitrogen and oxygen atoms in total. The van der Waals surface area contributed by atoms with Crippen molar-refractivity contribution in [3.05, 3.63) is 12.2 Å². The van der Waals surface area contributed by atoms with Crippen LogP contribution in [-0.4, -0.2) is 0 Å². The van der Waals surface area contributed by atoms with Crippen LogP contribution < -0.4 is 0 Å². The zero-order valence-corrected chi connectivity index (χ0v) is 16.7. The van der Waals surface area contributed by atoms with Crippen LogP contribution >= 0.6 is 0 Å². The van der Waals surface area contributed by atoms with Gasteiger partial charge in [0.25, 0.3) is 0 Å². The zero-order valence-electron chi connectivity index (χ0n) is 16.7. The lowest BCUT2D eigenvalue weighted by molar-refractivity contribution is 0.519. The van der Waals surface area contributed by atoms with Gasteiger partial charge in [-0.25, -0.2) is 0 Å². The molecule has 140 valence electrons. The molecule has 0 fully saturated rings. The average Bonchev–Trinajstić information content (AvgIpc) is 2.60. The molecular weight excluding hydrogens is 290 g/mol. The third-order valence-electron chi connectivity index (χ3n) is 4.96. The smallest absolute Gasteiger partial charge is 0.0652 e. The fourth-order valence-electron chi connectivity index (χ4n) is 3.24. The predicted octanol–water partition coefficient (Wildman–Crippen LogP) is 8.35. The van der Waals surface area contributed by atoms with Gasteiger partial charge in [0.1, 0.15) is 0 Å². The molecule has 0 aromatic rings. The Morgan fingerprint density at radius 2 is 1.04 bits per heavy atom. The van der Waals surface area contributed by atoms with Crippen LogP contribution in [0.25, 0.3) is 0 Å². The Balaban J connectivity index is 3.02. The largest absolute Gasteiger partial charge is 0.198 e. The molecule has 0 saturated carbocycles. The minimum absolute atomic E-state index is 0.253. The Hall–Kier alpha value is -0.770. The van der Waals surface area contributed by atoms with Gasteiger partial charge in [-0.1, -0.05) is 102 Å². The van der Waals surface area contributed by atoms with E-state index in [1.54, 1.807) is 0 Å². The van der Waals surface area contributed by atoms with Crippen LogP contribution in [0.1, 0.15) is 123 Å². The molecule has 0 heterocycles. The summed E-state index contributed by atoms with van der Waals surface area (Å²) < 4.78 is 0. The Bertz CT molecular complexity index is 300. The summed E-state index contributed by atoms with van der Waals surface area (Å²) in [4.78, 5) is 0. The molecule has 1 unspecified atom stereocenters. The first-order valence-electron chi connectivity index (χ1n) is 10.8. The lowest BCUT2D eigenvalue weighted by atomic mass is 10.0. The van der Waals surface area contributed by atoms with Crippen molar-refractivity contribution in [1.82, 2.24) is 0 Å². The molecule has 0 radical (unpaired) electrons. The number of allylic oxidation sites excluding steroid dienone is 2. The second-order valence-corrected chi connectivity index (χ2v) is 7.48. The van der Waals surface area contributed by atoms with Gasteiger partial charge in [0.15, 0.2) is 0 Å². The molecule has 0 amide bonds. The average molecular weight is 334 g/mol. The molecule has 0 aliphatic heterocycles. The molecule has 0 aromatic carbocycles. The molecule has 0 saturated heterocycles. The maximum absolute atomic E-state index is 8.73. The summed E-state index contributed by atoms with van der Waals surface area (Å²) in [6.45, 7) is 4.14. The normalized spacial score (nSPS) is 12.5. The van der Waals surface area contributed by atoms with Crippen LogP contribution in [0.3, 0.4) is 0 Å². The topological polar surface area (TPSA) is 23.8 Å². The maximum Gasteiger partial charge on any atom is 0.0652 e. The fourth-order valence-corrected chi connectivity index (χ4v) is 3.24. The van der Waals surface area contributed by atoms with E-state index in [1.807, 2.05) is 6.92 Å². The van der Waals surface area contributed by atoms with Crippen molar-refractivity contribution in [2.45, 2.75) is 123 Å². The lowest BCUT2D eigenvalue weighted by Crippen LogP contribution is -1.89. The van der Waals surface area contributed by atoms with Gasteiger partial charge >= 0.3 is 0 Å². The van der Waals surface area contributed by atoms with Crippen LogP contribution in [0, 0.1) is 17.2 Å². The van der Waals surface area contributed by atoms with E-state index in [9.17, 15) is 0 Å². The van der Waals surface area contributed by atoms with Gasteiger partial charge in [-0.3, -0.25) is 0 Å². The molecule has 0 aromatic heterocycles. The van der Waals surface area contributed by atoms with Crippen molar-refractivity contribution >= 4 is 0 Å². The Kier molecular flexibility index (Phi) is 19.6. The highest BCUT2D eigenvalue weighted by Gasteiger charge is 1.98. The van der Waals surface area contributed by atoms with E-state index in [4.69, 9.17) is 5.26 Å². The highest BCUT2D eigenvalue weighted by Crippen LogP contribution is 2.15. The van der Waals surface area contributed by atoms with Crippen LogP contribution in [0.15, 0.2) is 12.2 Å². The summed E-state index contributed by atoms with van der Waals surface area (Å²) in [6.07, 6.45) is 27.9. The highest BCUT2D eigenvalue weighted by molar-refractivity contribution is 4.77. The minimum atomic E-state index is 0.253. The standard InChI is InChI=1S/C23H43N/c1-3-4-5-6-7-8-9-10-11-12-13-14-15-16-17-18-19-20-21-23(2)22-24/h3-4,23H,5-21H2,1-2H3. The Labute approximate surface area is 152 Å². The molecule has 0 aliphatic carbocycles. The molecular formula is C23H43N. The monoisotopic (exact) mass is 333 g/mol. The minimum Gasteiger partial charge on any atom is -0.198 e. The number of nitrogens with zero attached hydrogens (tertiary/aromatic N) is 1. The van der Waals surface area contributed by atoms with E-state index in [0.717, 1.165) is 6.42 Å². The highest BCUT2D eigenvalue weighted by atomic mass is 14.3. The van der Waals surface area contributed by atoms with Crippen LogP contribution in [0.4, 0.5) is 0 Å². The SMILES string of the molecule is CC=CCCCCCCCCCCCCCCCCCC(C)C#N. The summed E-state index contributed by atoms with van der Waals surface area (Å²) in [5.74, 6) is 0.253. The molecule has 0 spiro atoms. The second kappa shape index (κ2) is 20.3. The molecule has 0 rings (SSSR count). The third-order valence-corrected chi connectivity index (χ3v) is 4.96. The summed E-state index contributed by atoms with van der Waals surface area (Å²) in [7, 11) is 0. The first-order valence-corrected chi connectivity index (χ1v) is 10.8.